The van der Waals surface area contributed by atoms with Crippen molar-refractivity contribution in [3.63, 3.8) is 0 Å². The van der Waals surface area contributed by atoms with Gasteiger partial charge in [0, 0.05) is 21.4 Å². The quantitative estimate of drug-likeness (QED) is 0.631. The molecule has 0 bridgehead atoms. The van der Waals surface area contributed by atoms with Crippen LogP contribution in [0.3, 0.4) is 0 Å². The fourth-order valence-electron chi connectivity index (χ4n) is 3.00. The van der Waals surface area contributed by atoms with E-state index in [0.717, 1.165) is 16.1 Å². The van der Waals surface area contributed by atoms with Crippen molar-refractivity contribution in [3.8, 4) is 22.8 Å². The van der Waals surface area contributed by atoms with Crippen LogP contribution in [-0.4, -0.2) is 27.8 Å². The van der Waals surface area contributed by atoms with Gasteiger partial charge in [-0.25, -0.2) is 8.42 Å². The minimum absolute atomic E-state index is 0.198. The van der Waals surface area contributed by atoms with Crippen LogP contribution < -0.4 is 14.2 Å². The summed E-state index contributed by atoms with van der Waals surface area (Å²) in [6.07, 6.45) is 0. The molecular weight excluding hydrogens is 400 g/mol. The topological polar surface area (TPSA) is 90.7 Å². The molecule has 3 rings (SSSR count). The molecule has 0 atom stereocenters. The number of nitrogens with zero attached hydrogens (tertiary/aromatic N) is 1. The second-order valence-electron chi connectivity index (χ2n) is 6.32. The van der Waals surface area contributed by atoms with Crippen LogP contribution in [-0.2, 0) is 10.0 Å². The summed E-state index contributed by atoms with van der Waals surface area (Å²) in [4.78, 5) is 1.72. The normalized spacial score (nSPS) is 11.5. The number of aromatic nitrogens is 1. The first-order valence-corrected chi connectivity index (χ1v) is 10.8. The highest BCUT2D eigenvalue weighted by Crippen LogP contribution is 2.41. The van der Waals surface area contributed by atoms with Gasteiger partial charge in [-0.05, 0) is 39.8 Å². The van der Waals surface area contributed by atoms with Gasteiger partial charge in [-0.3, -0.25) is 4.72 Å². The van der Waals surface area contributed by atoms with Crippen molar-refractivity contribution in [2.24, 2.45) is 0 Å². The summed E-state index contributed by atoms with van der Waals surface area (Å²) < 4.78 is 45.1. The van der Waals surface area contributed by atoms with Crippen LogP contribution in [0.1, 0.15) is 21.0 Å². The summed E-state index contributed by atoms with van der Waals surface area (Å²) in [5.41, 5.74) is 2.48. The Kier molecular flexibility index (Phi) is 5.40. The molecule has 0 amide bonds. The molecule has 1 N–H and O–H groups in total. The van der Waals surface area contributed by atoms with Gasteiger partial charge < -0.3 is 14.0 Å². The Balaban J connectivity index is 2.10. The molecule has 1 aromatic carbocycles. The van der Waals surface area contributed by atoms with Crippen molar-refractivity contribution >= 4 is 27.0 Å². The third-order valence-electron chi connectivity index (χ3n) is 4.49. The summed E-state index contributed by atoms with van der Waals surface area (Å²) in [5.74, 6) is 1.43. The summed E-state index contributed by atoms with van der Waals surface area (Å²) in [5, 5.41) is 3.98. The molecule has 3 aromatic rings. The maximum atomic E-state index is 13.3. The Morgan fingerprint density at radius 1 is 1.04 bits per heavy atom. The molecular formula is C19H22N2O5S2. The van der Waals surface area contributed by atoms with Gasteiger partial charge in [0.25, 0.3) is 10.0 Å². The molecule has 0 unspecified atom stereocenters. The maximum Gasteiger partial charge on any atom is 0.263 e. The zero-order valence-corrected chi connectivity index (χ0v) is 18.2. The van der Waals surface area contributed by atoms with Gasteiger partial charge in [-0.1, -0.05) is 5.16 Å². The van der Waals surface area contributed by atoms with Crippen LogP contribution in [0.5, 0.6) is 11.5 Å². The Hall–Kier alpha value is -2.52. The van der Waals surface area contributed by atoms with E-state index in [0.29, 0.717) is 33.4 Å². The Morgan fingerprint density at radius 3 is 2.29 bits per heavy atom. The molecule has 0 aliphatic rings. The second kappa shape index (κ2) is 7.48. The summed E-state index contributed by atoms with van der Waals surface area (Å²) in [6, 6.07) is 4.85. The van der Waals surface area contributed by atoms with Crippen LogP contribution >= 0.6 is 11.3 Å². The molecule has 0 aliphatic heterocycles. The van der Waals surface area contributed by atoms with E-state index in [-0.39, 0.29) is 4.90 Å². The SMILES string of the molecule is COc1ccc(NS(=O)(=O)c2c(C)sc(C)c2-c2onc(C)c2C)cc1OC. The number of sulfonamides is 1. The lowest BCUT2D eigenvalue weighted by atomic mass is 10.1. The summed E-state index contributed by atoms with van der Waals surface area (Å²) >= 11 is 1.41. The van der Waals surface area contributed by atoms with Crippen LogP contribution in [0.2, 0.25) is 0 Å². The number of benzene rings is 1. The highest BCUT2D eigenvalue weighted by Gasteiger charge is 2.30. The number of aryl methyl sites for hydroxylation is 3. The number of hydrogen-bond acceptors (Lipinski definition) is 7. The molecule has 0 spiro atoms. The van der Waals surface area contributed by atoms with E-state index in [1.807, 2.05) is 20.8 Å². The average molecular weight is 423 g/mol. The van der Waals surface area contributed by atoms with Gasteiger partial charge >= 0.3 is 0 Å². The third kappa shape index (κ3) is 3.47. The second-order valence-corrected chi connectivity index (χ2v) is 9.36. The lowest BCUT2D eigenvalue weighted by molar-refractivity contribution is 0.355. The lowest BCUT2D eigenvalue weighted by Crippen LogP contribution is -2.14. The highest BCUT2D eigenvalue weighted by molar-refractivity contribution is 7.93. The van der Waals surface area contributed by atoms with Crippen molar-refractivity contribution in [1.29, 1.82) is 0 Å². The monoisotopic (exact) mass is 422 g/mol. The van der Waals surface area contributed by atoms with Crippen LogP contribution in [0, 0.1) is 27.7 Å². The van der Waals surface area contributed by atoms with Crippen molar-refractivity contribution in [2.45, 2.75) is 32.6 Å². The van der Waals surface area contributed by atoms with E-state index in [9.17, 15) is 8.42 Å². The van der Waals surface area contributed by atoms with Gasteiger partial charge in [-0.15, -0.1) is 11.3 Å². The largest absolute Gasteiger partial charge is 0.493 e. The van der Waals surface area contributed by atoms with Crippen LogP contribution in [0.15, 0.2) is 27.6 Å². The molecule has 0 saturated heterocycles. The van der Waals surface area contributed by atoms with Crippen LogP contribution in [0.25, 0.3) is 11.3 Å². The lowest BCUT2D eigenvalue weighted by Gasteiger charge is -2.13. The molecule has 0 fully saturated rings. The molecule has 0 saturated carbocycles. The van der Waals surface area contributed by atoms with Crippen molar-refractivity contribution in [3.05, 3.63) is 39.2 Å². The first-order chi connectivity index (χ1) is 13.2. The summed E-state index contributed by atoms with van der Waals surface area (Å²) in [7, 11) is -0.861. The predicted octanol–water partition coefficient (Wildman–Crippen LogP) is 4.45. The van der Waals surface area contributed by atoms with E-state index in [1.165, 1.54) is 25.6 Å². The standard InChI is InChI=1S/C19H22N2O5S2/c1-10-11(2)20-26-18(10)17-12(3)27-13(4)19(17)28(22,23)21-14-7-8-15(24-5)16(9-14)25-6/h7-9,21H,1-6H3. The summed E-state index contributed by atoms with van der Waals surface area (Å²) in [6.45, 7) is 7.35. The zero-order chi connectivity index (χ0) is 20.6. The number of rotatable bonds is 6. The molecule has 2 heterocycles. The van der Waals surface area contributed by atoms with E-state index in [1.54, 1.807) is 25.1 Å². The van der Waals surface area contributed by atoms with Gasteiger partial charge in [0.05, 0.1) is 31.2 Å². The first-order valence-electron chi connectivity index (χ1n) is 8.47. The Labute approximate surface area is 168 Å². The Bertz CT molecular complexity index is 1130. The number of thiophene rings is 1. The minimum atomic E-state index is -3.88. The molecule has 0 radical (unpaired) electrons. The van der Waals surface area contributed by atoms with Gasteiger partial charge in [-0.2, -0.15) is 0 Å². The molecule has 9 heteroatoms. The molecule has 28 heavy (non-hydrogen) atoms. The van der Waals surface area contributed by atoms with E-state index in [2.05, 4.69) is 9.88 Å². The van der Waals surface area contributed by atoms with Crippen molar-refractivity contribution in [1.82, 2.24) is 5.16 Å². The van der Waals surface area contributed by atoms with E-state index < -0.39 is 10.0 Å². The number of anilines is 1. The first kappa shape index (κ1) is 20.2. The average Bonchev–Trinajstić information content (AvgIpc) is 3.13. The fraction of sp³-hybridized carbons (Fsp3) is 0.316. The maximum absolute atomic E-state index is 13.3. The number of hydrogen-bond donors (Lipinski definition) is 1. The highest BCUT2D eigenvalue weighted by atomic mass is 32.2. The fourth-order valence-corrected chi connectivity index (χ4v) is 5.91. The van der Waals surface area contributed by atoms with Crippen molar-refractivity contribution in [2.75, 3.05) is 18.9 Å². The third-order valence-corrected chi connectivity index (χ3v) is 7.20. The van der Waals surface area contributed by atoms with E-state index >= 15 is 0 Å². The number of nitrogens with one attached hydrogen (secondary N) is 1. The molecule has 7 nitrogen and oxygen atoms in total. The van der Waals surface area contributed by atoms with Gasteiger partial charge in [0.15, 0.2) is 17.3 Å². The number of ether oxygens (including phenoxy) is 2. The minimum Gasteiger partial charge on any atom is -0.493 e. The molecule has 0 aliphatic carbocycles. The van der Waals surface area contributed by atoms with Crippen molar-refractivity contribution < 1.29 is 22.4 Å². The van der Waals surface area contributed by atoms with Crippen LogP contribution in [0.4, 0.5) is 5.69 Å². The van der Waals surface area contributed by atoms with Gasteiger partial charge in [0.2, 0.25) is 0 Å². The zero-order valence-electron chi connectivity index (χ0n) is 16.5. The Morgan fingerprint density at radius 2 is 1.71 bits per heavy atom. The predicted molar refractivity (Wildman–Crippen MR) is 109 cm³/mol. The number of methoxy groups -OCH3 is 2. The van der Waals surface area contributed by atoms with Gasteiger partial charge in [0.1, 0.15) is 4.90 Å². The smallest absolute Gasteiger partial charge is 0.263 e. The molecule has 2 aromatic heterocycles. The van der Waals surface area contributed by atoms with E-state index in [4.69, 9.17) is 14.0 Å². The molecule has 150 valence electrons.